The first-order valence-corrected chi connectivity index (χ1v) is 7.11. The van der Waals surface area contributed by atoms with Crippen LogP contribution in [0.5, 0.6) is 0 Å². The Labute approximate surface area is 129 Å². The molecular weight excluding hydrogens is 286 g/mol. The minimum absolute atomic E-state index is 0.174. The van der Waals surface area contributed by atoms with Crippen molar-refractivity contribution in [1.29, 1.82) is 0 Å². The standard InChI is InChI=1S/C15H23N3O4/c1-10(16)14(20)22-15(13(17)18)21-12(19)9-5-8-11-6-3-2-4-7-11/h2-4,6-7,10,13,15H,5,8-9,16-18H2,1H3. The van der Waals surface area contributed by atoms with Gasteiger partial charge in [0.15, 0.2) is 0 Å². The van der Waals surface area contributed by atoms with Crippen LogP contribution >= 0.6 is 0 Å². The minimum atomic E-state index is -1.33. The number of esters is 2. The number of aryl methyl sites for hydroxylation is 1. The van der Waals surface area contributed by atoms with Crippen LogP contribution < -0.4 is 17.2 Å². The molecule has 0 saturated carbocycles. The lowest BCUT2D eigenvalue weighted by atomic mass is 10.1. The third kappa shape index (κ3) is 6.66. The molecule has 0 aliphatic heterocycles. The second kappa shape index (κ2) is 9.14. The lowest BCUT2D eigenvalue weighted by molar-refractivity contribution is -0.192. The zero-order valence-corrected chi connectivity index (χ0v) is 12.6. The zero-order valence-electron chi connectivity index (χ0n) is 12.6. The number of nitrogens with two attached hydrogens (primary N) is 3. The molecule has 22 heavy (non-hydrogen) atoms. The van der Waals surface area contributed by atoms with E-state index in [-0.39, 0.29) is 6.42 Å². The second-order valence-corrected chi connectivity index (χ2v) is 5.00. The van der Waals surface area contributed by atoms with Crippen LogP contribution in [0.1, 0.15) is 25.3 Å². The van der Waals surface area contributed by atoms with E-state index in [1.54, 1.807) is 0 Å². The van der Waals surface area contributed by atoms with Crippen molar-refractivity contribution in [1.82, 2.24) is 0 Å². The molecule has 0 heterocycles. The van der Waals surface area contributed by atoms with Gasteiger partial charge < -0.3 is 26.7 Å². The van der Waals surface area contributed by atoms with Gasteiger partial charge in [0.05, 0.1) is 0 Å². The SMILES string of the molecule is CC(N)C(=O)OC(OC(=O)CCCc1ccccc1)C(N)N. The van der Waals surface area contributed by atoms with E-state index >= 15 is 0 Å². The predicted octanol–water partition coefficient (Wildman–Crippen LogP) is 0.0125. The summed E-state index contributed by atoms with van der Waals surface area (Å²) in [5.74, 6) is -1.26. The third-order valence-corrected chi connectivity index (χ3v) is 2.86. The topological polar surface area (TPSA) is 131 Å². The minimum Gasteiger partial charge on any atom is -0.422 e. The molecule has 1 rings (SSSR count). The summed E-state index contributed by atoms with van der Waals surface area (Å²) in [6, 6.07) is 8.91. The molecule has 0 amide bonds. The maximum atomic E-state index is 11.7. The lowest BCUT2D eigenvalue weighted by Gasteiger charge is -2.21. The van der Waals surface area contributed by atoms with Gasteiger partial charge in [0.2, 0.25) is 0 Å². The molecule has 6 N–H and O–H groups in total. The highest BCUT2D eigenvalue weighted by Crippen LogP contribution is 2.07. The molecule has 0 aromatic heterocycles. The molecular formula is C15H23N3O4. The summed E-state index contributed by atoms with van der Waals surface area (Å²) < 4.78 is 9.83. The molecule has 2 atom stereocenters. The molecule has 0 fully saturated rings. The summed E-state index contributed by atoms with van der Waals surface area (Å²) in [5, 5.41) is 0. The smallest absolute Gasteiger partial charge is 0.325 e. The zero-order chi connectivity index (χ0) is 16.5. The molecule has 0 spiro atoms. The van der Waals surface area contributed by atoms with Crippen LogP contribution in [-0.4, -0.2) is 30.4 Å². The highest BCUT2D eigenvalue weighted by Gasteiger charge is 2.24. The summed E-state index contributed by atoms with van der Waals surface area (Å²) in [5.41, 5.74) is 17.4. The highest BCUT2D eigenvalue weighted by molar-refractivity contribution is 5.75. The Bertz CT molecular complexity index is 477. The maximum absolute atomic E-state index is 11.7. The molecule has 1 aromatic carbocycles. The molecule has 7 heteroatoms. The van der Waals surface area contributed by atoms with Gasteiger partial charge >= 0.3 is 11.9 Å². The Morgan fingerprint density at radius 1 is 1.09 bits per heavy atom. The van der Waals surface area contributed by atoms with Gasteiger partial charge in [0, 0.05) is 6.42 Å². The fraction of sp³-hybridized carbons (Fsp3) is 0.467. The first kappa shape index (κ1) is 18.1. The van der Waals surface area contributed by atoms with Crippen molar-refractivity contribution in [3.05, 3.63) is 35.9 Å². The summed E-state index contributed by atoms with van der Waals surface area (Å²) in [6.45, 7) is 1.45. The van der Waals surface area contributed by atoms with Gasteiger partial charge in [-0.1, -0.05) is 30.3 Å². The van der Waals surface area contributed by atoms with E-state index in [2.05, 4.69) is 0 Å². The maximum Gasteiger partial charge on any atom is 0.325 e. The van der Waals surface area contributed by atoms with Gasteiger partial charge in [0.25, 0.3) is 6.29 Å². The Morgan fingerprint density at radius 2 is 1.73 bits per heavy atom. The van der Waals surface area contributed by atoms with E-state index in [1.165, 1.54) is 6.92 Å². The summed E-state index contributed by atoms with van der Waals surface area (Å²) in [6.07, 6.45) is -0.928. The molecule has 0 aliphatic carbocycles. The van der Waals surface area contributed by atoms with Gasteiger partial charge in [-0.15, -0.1) is 0 Å². The van der Waals surface area contributed by atoms with Crippen LogP contribution in [0, 0.1) is 0 Å². The molecule has 2 unspecified atom stereocenters. The number of benzene rings is 1. The van der Waals surface area contributed by atoms with E-state index in [1.807, 2.05) is 30.3 Å². The van der Waals surface area contributed by atoms with E-state index < -0.39 is 30.4 Å². The Hall–Kier alpha value is -1.96. The van der Waals surface area contributed by atoms with Crippen LogP contribution in [0.4, 0.5) is 0 Å². The van der Waals surface area contributed by atoms with Gasteiger partial charge in [-0.2, -0.15) is 0 Å². The van der Waals surface area contributed by atoms with Gasteiger partial charge in [0.1, 0.15) is 12.2 Å². The normalized spacial score (nSPS) is 13.5. The van der Waals surface area contributed by atoms with Crippen molar-refractivity contribution in [3.8, 4) is 0 Å². The average molecular weight is 309 g/mol. The average Bonchev–Trinajstić information content (AvgIpc) is 2.47. The third-order valence-electron chi connectivity index (χ3n) is 2.86. The van der Waals surface area contributed by atoms with Crippen LogP contribution in [0.2, 0.25) is 0 Å². The van der Waals surface area contributed by atoms with Crippen LogP contribution in [0.3, 0.4) is 0 Å². The number of hydrogen-bond acceptors (Lipinski definition) is 7. The first-order valence-electron chi connectivity index (χ1n) is 7.11. The molecule has 0 radical (unpaired) electrons. The summed E-state index contributed by atoms with van der Waals surface area (Å²) >= 11 is 0. The van der Waals surface area contributed by atoms with Gasteiger partial charge in [-0.05, 0) is 25.3 Å². The molecule has 0 bridgehead atoms. The van der Waals surface area contributed by atoms with E-state index in [0.29, 0.717) is 6.42 Å². The van der Waals surface area contributed by atoms with Crippen molar-refractivity contribution < 1.29 is 19.1 Å². The molecule has 122 valence electrons. The number of hydrogen-bond donors (Lipinski definition) is 3. The summed E-state index contributed by atoms with van der Waals surface area (Å²) in [4.78, 5) is 23.1. The fourth-order valence-corrected chi connectivity index (χ4v) is 1.67. The predicted molar refractivity (Wildman–Crippen MR) is 81.2 cm³/mol. The van der Waals surface area contributed by atoms with Crippen molar-refractivity contribution in [2.24, 2.45) is 17.2 Å². The fourth-order valence-electron chi connectivity index (χ4n) is 1.67. The molecule has 1 aromatic rings. The van der Waals surface area contributed by atoms with Gasteiger partial charge in [-0.25, -0.2) is 0 Å². The number of carbonyl (C=O) groups is 2. The number of rotatable bonds is 8. The van der Waals surface area contributed by atoms with Crippen molar-refractivity contribution in [2.75, 3.05) is 0 Å². The van der Waals surface area contributed by atoms with Crippen molar-refractivity contribution in [2.45, 2.75) is 44.7 Å². The monoisotopic (exact) mass is 309 g/mol. The summed E-state index contributed by atoms with van der Waals surface area (Å²) in [7, 11) is 0. The Balaban J connectivity index is 2.38. The highest BCUT2D eigenvalue weighted by atomic mass is 16.7. The largest absolute Gasteiger partial charge is 0.422 e. The lowest BCUT2D eigenvalue weighted by Crippen LogP contribution is -2.49. The molecule has 0 aliphatic rings. The number of carbonyl (C=O) groups excluding carboxylic acids is 2. The Kier molecular flexibility index (Phi) is 7.51. The Morgan fingerprint density at radius 3 is 2.27 bits per heavy atom. The quantitative estimate of drug-likeness (QED) is 0.455. The van der Waals surface area contributed by atoms with E-state index in [0.717, 1.165) is 12.0 Å². The van der Waals surface area contributed by atoms with Gasteiger partial charge in [-0.3, -0.25) is 9.59 Å². The molecule has 7 nitrogen and oxygen atoms in total. The number of ether oxygens (including phenoxy) is 2. The van der Waals surface area contributed by atoms with E-state index in [9.17, 15) is 9.59 Å². The van der Waals surface area contributed by atoms with Crippen LogP contribution in [-0.2, 0) is 25.5 Å². The van der Waals surface area contributed by atoms with Crippen LogP contribution in [0.15, 0.2) is 30.3 Å². The van der Waals surface area contributed by atoms with Crippen LogP contribution in [0.25, 0.3) is 0 Å². The van der Waals surface area contributed by atoms with Crippen molar-refractivity contribution in [3.63, 3.8) is 0 Å². The van der Waals surface area contributed by atoms with Crippen molar-refractivity contribution >= 4 is 11.9 Å². The first-order chi connectivity index (χ1) is 10.4. The molecule has 0 saturated heterocycles. The second-order valence-electron chi connectivity index (χ2n) is 5.00. The van der Waals surface area contributed by atoms with E-state index in [4.69, 9.17) is 26.7 Å².